The molecule has 1 nitrogen and oxygen atoms in total. The van der Waals surface area contributed by atoms with E-state index in [0.29, 0.717) is 11.5 Å². The van der Waals surface area contributed by atoms with E-state index in [1.165, 1.54) is 38.5 Å². The Labute approximate surface area is 81.9 Å². The van der Waals surface area contributed by atoms with Crippen LogP contribution in [0.15, 0.2) is 0 Å². The molecule has 1 saturated heterocycles. The van der Waals surface area contributed by atoms with Gasteiger partial charge in [-0.05, 0) is 25.2 Å². The zero-order valence-electron chi connectivity index (χ0n) is 9.01. The van der Waals surface area contributed by atoms with Crippen molar-refractivity contribution in [2.75, 3.05) is 6.61 Å². The van der Waals surface area contributed by atoms with E-state index in [0.717, 1.165) is 12.5 Å². The van der Waals surface area contributed by atoms with Gasteiger partial charge in [0.25, 0.3) is 0 Å². The fraction of sp³-hybridized carbons (Fsp3) is 1.00. The van der Waals surface area contributed by atoms with Crippen molar-refractivity contribution in [2.45, 2.75) is 58.5 Å². The van der Waals surface area contributed by atoms with Gasteiger partial charge in [0.1, 0.15) is 0 Å². The molecule has 2 rings (SSSR count). The number of hydrogen-bond acceptors (Lipinski definition) is 1. The highest BCUT2D eigenvalue weighted by Gasteiger charge is 2.46. The van der Waals surface area contributed by atoms with Crippen LogP contribution in [0.2, 0.25) is 0 Å². The molecule has 0 aromatic carbocycles. The summed E-state index contributed by atoms with van der Waals surface area (Å²) in [4.78, 5) is 0. The summed E-state index contributed by atoms with van der Waals surface area (Å²) in [6.45, 7) is 5.78. The second-order valence-electron chi connectivity index (χ2n) is 5.10. The first-order valence-electron chi connectivity index (χ1n) is 5.87. The van der Waals surface area contributed by atoms with E-state index in [9.17, 15) is 0 Å². The van der Waals surface area contributed by atoms with Crippen LogP contribution in [0.5, 0.6) is 0 Å². The number of hydrogen-bond donors (Lipinski definition) is 0. The van der Waals surface area contributed by atoms with Gasteiger partial charge in [-0.15, -0.1) is 0 Å². The van der Waals surface area contributed by atoms with Gasteiger partial charge in [0.2, 0.25) is 0 Å². The van der Waals surface area contributed by atoms with Crippen LogP contribution < -0.4 is 0 Å². The molecule has 2 fully saturated rings. The van der Waals surface area contributed by atoms with Crippen LogP contribution in [0.1, 0.15) is 52.4 Å². The maximum absolute atomic E-state index is 5.90. The maximum Gasteiger partial charge on any atom is 0.0634 e. The molecule has 1 aliphatic carbocycles. The molecule has 0 bridgehead atoms. The zero-order valence-corrected chi connectivity index (χ0v) is 9.01. The van der Waals surface area contributed by atoms with Crippen molar-refractivity contribution >= 4 is 0 Å². The van der Waals surface area contributed by atoms with Crippen LogP contribution in [0.25, 0.3) is 0 Å². The predicted octanol–water partition coefficient (Wildman–Crippen LogP) is 3.38. The average Bonchev–Trinajstić information content (AvgIpc) is 2.40. The Balaban J connectivity index is 2.17. The standard InChI is InChI=1S/C12H22O/c1-10(2)12-7-5-3-4-6-11(12)13-9-8-12/h10-11H,3-9H2,1-2H3/t11-,12+/m1/s1. The van der Waals surface area contributed by atoms with Crippen molar-refractivity contribution < 1.29 is 4.74 Å². The van der Waals surface area contributed by atoms with Crippen molar-refractivity contribution in [3.63, 3.8) is 0 Å². The van der Waals surface area contributed by atoms with Crippen LogP contribution in [0, 0.1) is 11.3 Å². The van der Waals surface area contributed by atoms with E-state index in [1.54, 1.807) is 0 Å². The van der Waals surface area contributed by atoms with Gasteiger partial charge < -0.3 is 4.74 Å². The third-order valence-electron chi connectivity index (χ3n) is 4.29. The van der Waals surface area contributed by atoms with Gasteiger partial charge >= 0.3 is 0 Å². The van der Waals surface area contributed by atoms with E-state index in [1.807, 2.05) is 0 Å². The van der Waals surface area contributed by atoms with E-state index >= 15 is 0 Å². The van der Waals surface area contributed by atoms with E-state index in [4.69, 9.17) is 4.74 Å². The Morgan fingerprint density at radius 1 is 1.15 bits per heavy atom. The van der Waals surface area contributed by atoms with Crippen molar-refractivity contribution in [3.05, 3.63) is 0 Å². The molecule has 0 aromatic rings. The molecule has 1 saturated carbocycles. The van der Waals surface area contributed by atoms with Gasteiger partial charge in [-0.2, -0.15) is 0 Å². The average molecular weight is 182 g/mol. The fourth-order valence-electron chi connectivity index (χ4n) is 3.28. The van der Waals surface area contributed by atoms with E-state index in [2.05, 4.69) is 13.8 Å². The lowest BCUT2D eigenvalue weighted by Gasteiger charge is -2.36. The van der Waals surface area contributed by atoms with Crippen LogP contribution in [0.4, 0.5) is 0 Å². The van der Waals surface area contributed by atoms with E-state index in [-0.39, 0.29) is 0 Å². The zero-order chi connectivity index (χ0) is 9.31. The van der Waals surface area contributed by atoms with Gasteiger partial charge in [-0.25, -0.2) is 0 Å². The summed E-state index contributed by atoms with van der Waals surface area (Å²) in [6, 6.07) is 0. The normalized spacial score (nSPS) is 40.4. The number of fused-ring (bicyclic) bond motifs is 1. The highest BCUT2D eigenvalue weighted by atomic mass is 16.5. The van der Waals surface area contributed by atoms with Crippen molar-refractivity contribution in [1.29, 1.82) is 0 Å². The third-order valence-corrected chi connectivity index (χ3v) is 4.29. The first kappa shape index (κ1) is 9.51. The minimum atomic E-state index is 0.552. The SMILES string of the molecule is CC(C)[C@@]12CCCCC[C@H]1OCC2. The summed E-state index contributed by atoms with van der Waals surface area (Å²) in [5.74, 6) is 0.804. The summed E-state index contributed by atoms with van der Waals surface area (Å²) in [6.07, 6.45) is 8.88. The molecular formula is C12H22O. The van der Waals surface area contributed by atoms with Gasteiger partial charge in [0.05, 0.1) is 6.10 Å². The maximum atomic E-state index is 5.90. The first-order chi connectivity index (χ1) is 6.26. The molecule has 1 heterocycles. The monoisotopic (exact) mass is 182 g/mol. The molecule has 0 unspecified atom stereocenters. The van der Waals surface area contributed by atoms with Crippen LogP contribution in [-0.2, 0) is 4.74 Å². The topological polar surface area (TPSA) is 9.23 Å². The molecular weight excluding hydrogens is 160 g/mol. The quantitative estimate of drug-likeness (QED) is 0.604. The van der Waals surface area contributed by atoms with Crippen LogP contribution >= 0.6 is 0 Å². The number of ether oxygens (including phenoxy) is 1. The summed E-state index contributed by atoms with van der Waals surface area (Å²) in [5.41, 5.74) is 0.552. The smallest absolute Gasteiger partial charge is 0.0634 e. The molecule has 1 aliphatic heterocycles. The van der Waals surface area contributed by atoms with Crippen LogP contribution in [0.3, 0.4) is 0 Å². The van der Waals surface area contributed by atoms with Gasteiger partial charge in [0.15, 0.2) is 0 Å². The third kappa shape index (κ3) is 1.52. The first-order valence-corrected chi connectivity index (χ1v) is 5.87. The highest BCUT2D eigenvalue weighted by Crippen LogP contribution is 2.49. The second-order valence-corrected chi connectivity index (χ2v) is 5.10. The second kappa shape index (κ2) is 3.61. The Morgan fingerprint density at radius 2 is 2.00 bits per heavy atom. The summed E-state index contributed by atoms with van der Waals surface area (Å²) < 4.78 is 5.90. The highest BCUT2D eigenvalue weighted by molar-refractivity contribution is 4.95. The molecule has 2 atom stereocenters. The lowest BCUT2D eigenvalue weighted by molar-refractivity contribution is 0.0183. The minimum Gasteiger partial charge on any atom is -0.378 e. The lowest BCUT2D eigenvalue weighted by atomic mass is 9.69. The number of rotatable bonds is 1. The predicted molar refractivity (Wildman–Crippen MR) is 54.7 cm³/mol. The molecule has 13 heavy (non-hydrogen) atoms. The largest absolute Gasteiger partial charge is 0.378 e. The van der Waals surface area contributed by atoms with Crippen LogP contribution in [-0.4, -0.2) is 12.7 Å². The van der Waals surface area contributed by atoms with Crippen molar-refractivity contribution in [3.8, 4) is 0 Å². The Kier molecular flexibility index (Phi) is 2.64. The molecule has 0 aromatic heterocycles. The van der Waals surface area contributed by atoms with Crippen molar-refractivity contribution in [1.82, 2.24) is 0 Å². The van der Waals surface area contributed by atoms with Gasteiger partial charge in [-0.1, -0.05) is 33.1 Å². The summed E-state index contributed by atoms with van der Waals surface area (Å²) in [7, 11) is 0. The van der Waals surface area contributed by atoms with Gasteiger partial charge in [0, 0.05) is 12.0 Å². The molecule has 0 spiro atoms. The molecule has 0 radical (unpaired) electrons. The Morgan fingerprint density at radius 3 is 2.77 bits per heavy atom. The molecule has 0 N–H and O–H groups in total. The fourth-order valence-corrected chi connectivity index (χ4v) is 3.28. The van der Waals surface area contributed by atoms with E-state index < -0.39 is 0 Å². The molecule has 0 amide bonds. The Bertz CT molecular complexity index is 176. The summed E-state index contributed by atoms with van der Waals surface area (Å²) >= 11 is 0. The lowest BCUT2D eigenvalue weighted by Crippen LogP contribution is -2.35. The summed E-state index contributed by atoms with van der Waals surface area (Å²) in [5, 5.41) is 0. The minimum absolute atomic E-state index is 0.552. The molecule has 1 heteroatoms. The van der Waals surface area contributed by atoms with Crippen molar-refractivity contribution in [2.24, 2.45) is 11.3 Å². The molecule has 2 aliphatic rings. The van der Waals surface area contributed by atoms with Gasteiger partial charge in [-0.3, -0.25) is 0 Å². The Hall–Kier alpha value is -0.0400. The molecule has 76 valence electrons.